The Morgan fingerprint density at radius 2 is 0.846 bits per heavy atom. The van der Waals surface area contributed by atoms with Crippen LogP contribution in [0.3, 0.4) is 0 Å². The standard InChI is InChI=1S/2C5H5.C4H8O.C4H10S.BF4.Zr/c3*1-2-4-5-3-1;1-4(2,3)5;2-1(3,4)5;/h2*1-5H;1-4H2;5H,1-3H3;;/q;;;;-1;+2/p-1. The molecule has 1 heterocycles. The van der Waals surface area contributed by atoms with Crippen molar-refractivity contribution in [2.75, 3.05) is 13.2 Å². The van der Waals surface area contributed by atoms with Gasteiger partial charge >= 0.3 is 33.5 Å². The van der Waals surface area contributed by atoms with Gasteiger partial charge in [-0.3, -0.25) is 0 Å². The summed E-state index contributed by atoms with van der Waals surface area (Å²) in [6, 6.07) is 0. The van der Waals surface area contributed by atoms with Crippen molar-refractivity contribution in [3.8, 4) is 0 Å². The second kappa shape index (κ2) is 20.7. The van der Waals surface area contributed by atoms with Gasteiger partial charge in [0.05, 0.1) is 0 Å². The molecule has 0 N–H and O–H groups in total. The summed E-state index contributed by atoms with van der Waals surface area (Å²) in [7, 11) is -6.00. The summed E-state index contributed by atoms with van der Waals surface area (Å²) in [4.78, 5) is 0. The molecule has 2 aliphatic carbocycles. The predicted octanol–water partition coefficient (Wildman–Crippen LogP) is 5.47. The van der Waals surface area contributed by atoms with Crippen LogP contribution in [0.25, 0.3) is 0 Å². The Morgan fingerprint density at radius 3 is 0.923 bits per heavy atom. The molecule has 0 bridgehead atoms. The van der Waals surface area contributed by atoms with Gasteiger partial charge in [0.15, 0.2) is 0 Å². The molecule has 26 heavy (non-hydrogen) atoms. The quantitative estimate of drug-likeness (QED) is 0.264. The Balaban J connectivity index is -0.000000252. The summed E-state index contributed by atoms with van der Waals surface area (Å²) < 4.78 is 44.0. The molecule has 1 aliphatic heterocycles. The third-order valence-electron chi connectivity index (χ3n) is 1.94. The van der Waals surface area contributed by atoms with Crippen LogP contribution >= 0.6 is 0 Å². The fraction of sp³-hybridized carbons (Fsp3) is 0.444. The molecule has 3 rings (SSSR count). The van der Waals surface area contributed by atoms with Gasteiger partial charge in [0.2, 0.25) is 0 Å². The molecule has 1 saturated heterocycles. The van der Waals surface area contributed by atoms with Crippen LogP contribution < -0.4 is 0 Å². The van der Waals surface area contributed by atoms with Crippen molar-refractivity contribution < 1.29 is 48.2 Å². The zero-order chi connectivity index (χ0) is 19.6. The summed E-state index contributed by atoms with van der Waals surface area (Å²) in [5, 5.41) is 0. The van der Waals surface area contributed by atoms with Gasteiger partial charge in [0.25, 0.3) is 0 Å². The van der Waals surface area contributed by atoms with Crippen molar-refractivity contribution in [1.29, 1.82) is 0 Å². The van der Waals surface area contributed by atoms with E-state index in [1.165, 1.54) is 12.8 Å². The van der Waals surface area contributed by atoms with E-state index in [9.17, 15) is 17.3 Å². The molecule has 10 radical (unpaired) electrons. The first kappa shape index (κ1) is 31.7. The molecule has 0 aromatic carbocycles. The van der Waals surface area contributed by atoms with Crippen molar-refractivity contribution in [3.63, 3.8) is 0 Å². The zero-order valence-electron chi connectivity index (χ0n) is 15.5. The Kier molecular flexibility index (Phi) is 25.2. The van der Waals surface area contributed by atoms with Gasteiger partial charge in [-0.1, -0.05) is 20.8 Å². The largest absolute Gasteiger partial charge is 2.00 e. The second-order valence-electron chi connectivity index (χ2n) is 5.85. The van der Waals surface area contributed by atoms with Gasteiger partial charge in [0, 0.05) is 13.2 Å². The average molecular weight is 470 g/mol. The third-order valence-corrected chi connectivity index (χ3v) is 1.94. The van der Waals surface area contributed by atoms with E-state index >= 15 is 0 Å². The van der Waals surface area contributed by atoms with Crippen molar-refractivity contribution in [2.45, 2.75) is 38.4 Å². The average Bonchev–Trinajstić information content (AvgIpc) is 3.24. The summed E-state index contributed by atoms with van der Waals surface area (Å²) in [5.74, 6) is 0. The van der Waals surface area contributed by atoms with Crippen molar-refractivity contribution in [3.05, 3.63) is 64.2 Å². The van der Waals surface area contributed by atoms with E-state index < -0.39 is 7.25 Å². The Hall–Kier alpha value is 0.978. The van der Waals surface area contributed by atoms with Crippen LogP contribution in [0.15, 0.2) is 0 Å². The van der Waals surface area contributed by atoms with Gasteiger partial charge in [-0.05, 0) is 77.0 Å². The molecule has 1 nitrogen and oxygen atoms in total. The SMILES string of the molecule is C1CCOC1.CC(C)(C)[S-].F[B-](F)(F)F.[CH]1[CH][CH][CH][CH]1.[CH]1[CH][CH][CH][CH]1.[Zr+2]. The molecular weight excluding hydrogens is 442 g/mol. The summed E-state index contributed by atoms with van der Waals surface area (Å²) >= 11 is 4.83. The molecule has 0 unspecified atom stereocenters. The van der Waals surface area contributed by atoms with Crippen LogP contribution in [0.4, 0.5) is 17.3 Å². The van der Waals surface area contributed by atoms with Crippen LogP contribution in [-0.4, -0.2) is 25.2 Å². The number of hydrogen-bond acceptors (Lipinski definition) is 2. The van der Waals surface area contributed by atoms with Gasteiger partial charge in [-0.2, -0.15) is 4.75 Å². The van der Waals surface area contributed by atoms with E-state index in [2.05, 4.69) is 0 Å². The fourth-order valence-electron chi connectivity index (χ4n) is 1.15. The van der Waals surface area contributed by atoms with E-state index in [4.69, 9.17) is 17.4 Å². The van der Waals surface area contributed by atoms with E-state index in [-0.39, 0.29) is 31.0 Å². The molecule has 2 saturated carbocycles. The molecule has 0 aromatic heterocycles. The third kappa shape index (κ3) is 56.3. The summed E-state index contributed by atoms with van der Waals surface area (Å²) in [5.41, 5.74) is 0. The molecule has 0 aromatic rings. The first-order valence-electron chi connectivity index (χ1n) is 7.99. The summed E-state index contributed by atoms with van der Waals surface area (Å²) in [6.45, 7) is 8.01. The molecule has 0 spiro atoms. The number of ether oxygens (including phenoxy) is 1. The molecular formula is C18H27BF4OSZr. The van der Waals surface area contributed by atoms with Crippen molar-refractivity contribution in [1.82, 2.24) is 0 Å². The maximum atomic E-state index is 9.75. The van der Waals surface area contributed by atoms with Gasteiger partial charge in [0.1, 0.15) is 0 Å². The van der Waals surface area contributed by atoms with Crippen LogP contribution in [0.5, 0.6) is 0 Å². The maximum absolute atomic E-state index is 9.75. The van der Waals surface area contributed by atoms with E-state index in [1.54, 1.807) is 0 Å². The monoisotopic (exact) mass is 468 g/mol. The molecule has 146 valence electrons. The minimum Gasteiger partial charge on any atom is -0.787 e. The van der Waals surface area contributed by atoms with Crippen LogP contribution in [0.2, 0.25) is 0 Å². The van der Waals surface area contributed by atoms with Gasteiger partial charge in [-0.15, -0.1) is 0 Å². The van der Waals surface area contributed by atoms with Crippen molar-refractivity contribution in [2.24, 2.45) is 0 Å². The topological polar surface area (TPSA) is 9.23 Å². The van der Waals surface area contributed by atoms with E-state index in [0.29, 0.717) is 0 Å². The minimum absolute atomic E-state index is 0. The van der Waals surface area contributed by atoms with E-state index in [1.807, 2.05) is 85.0 Å². The first-order valence-corrected chi connectivity index (χ1v) is 8.40. The maximum Gasteiger partial charge on any atom is 2.00 e. The normalized spacial score (nSPS) is 18.5. The van der Waals surface area contributed by atoms with E-state index in [0.717, 1.165) is 13.2 Å². The number of halogens is 4. The fourth-order valence-corrected chi connectivity index (χ4v) is 1.15. The van der Waals surface area contributed by atoms with Gasteiger partial charge < -0.3 is 34.6 Å². The Labute approximate surface area is 183 Å². The number of hydrogen-bond donors (Lipinski definition) is 0. The predicted molar refractivity (Wildman–Crippen MR) is 100 cm³/mol. The number of rotatable bonds is 0. The smallest absolute Gasteiger partial charge is 0.787 e. The van der Waals surface area contributed by atoms with Crippen LogP contribution in [0, 0.1) is 64.2 Å². The Morgan fingerprint density at radius 1 is 0.692 bits per heavy atom. The Bertz CT molecular complexity index is 194. The molecule has 3 aliphatic rings. The van der Waals surface area contributed by atoms with Crippen molar-refractivity contribution >= 4 is 19.9 Å². The molecule has 0 amide bonds. The first-order chi connectivity index (χ1) is 11.5. The van der Waals surface area contributed by atoms with Crippen LogP contribution in [0.1, 0.15) is 33.6 Å². The molecule has 3 fully saturated rings. The summed E-state index contributed by atoms with van der Waals surface area (Å²) in [6.07, 6.45) is 22.6. The second-order valence-corrected chi connectivity index (χ2v) is 7.08. The molecule has 8 heteroatoms. The van der Waals surface area contributed by atoms with Gasteiger partial charge in [-0.25, -0.2) is 0 Å². The molecule has 0 atom stereocenters. The zero-order valence-corrected chi connectivity index (χ0v) is 18.8. The van der Waals surface area contributed by atoms with Crippen LogP contribution in [-0.2, 0) is 43.6 Å². The minimum atomic E-state index is -6.00.